The first kappa shape index (κ1) is 31.9. The number of phenols is 4. The van der Waals surface area contributed by atoms with Gasteiger partial charge in [-0.1, -0.05) is 60.7 Å². The van der Waals surface area contributed by atoms with Gasteiger partial charge < -0.3 is 48.8 Å². The quantitative estimate of drug-likeness (QED) is 0.182. The standard InChI is InChI=1S/C34H32O12/c1-19(41-2)34(42-3)18-45-32(39)22-14-24(35)30(43-16-20-10-6-4-7-11-20)28(37)26(22)27-23(33(40)46-34)15-25(36)31(29(27)38)44-17-21-12-8-5-9-13-21/h4-15,19,35-38H,16-18H2,1-3H3/t19-,34-/m0/s1. The van der Waals surface area contributed by atoms with Gasteiger partial charge in [0.05, 0.1) is 11.1 Å². The molecule has 0 unspecified atom stereocenters. The third kappa shape index (κ3) is 6.08. The number of fused-ring (bicyclic) bond motifs is 3. The maximum Gasteiger partial charge on any atom is 0.341 e. The van der Waals surface area contributed by atoms with Crippen molar-refractivity contribution in [3.8, 4) is 45.6 Å². The van der Waals surface area contributed by atoms with E-state index in [1.54, 1.807) is 60.7 Å². The molecular formula is C34H32O12. The maximum absolute atomic E-state index is 13.9. The Hall–Kier alpha value is -5.46. The molecule has 0 saturated heterocycles. The number of aromatic hydroxyl groups is 4. The highest BCUT2D eigenvalue weighted by molar-refractivity contribution is 6.08. The van der Waals surface area contributed by atoms with Crippen LogP contribution in [0.4, 0.5) is 0 Å². The van der Waals surface area contributed by atoms with E-state index in [2.05, 4.69) is 0 Å². The fourth-order valence-electron chi connectivity index (χ4n) is 4.98. The summed E-state index contributed by atoms with van der Waals surface area (Å²) in [5, 5.41) is 45.1. The van der Waals surface area contributed by atoms with Crippen molar-refractivity contribution >= 4 is 11.9 Å². The number of phenolic OH excluding ortho intramolecular Hbond substituents is 4. The van der Waals surface area contributed by atoms with Gasteiger partial charge in [0.2, 0.25) is 11.5 Å². The fraction of sp³-hybridized carbons (Fsp3) is 0.235. The molecule has 1 aliphatic rings. The second-order valence-corrected chi connectivity index (χ2v) is 10.4. The minimum atomic E-state index is -1.98. The van der Waals surface area contributed by atoms with E-state index in [-0.39, 0.29) is 13.2 Å². The smallest absolute Gasteiger partial charge is 0.341 e. The first-order valence-electron chi connectivity index (χ1n) is 14.1. The zero-order chi connectivity index (χ0) is 33.0. The minimum Gasteiger partial charge on any atom is -0.504 e. The molecule has 1 aliphatic heterocycles. The Balaban J connectivity index is 1.74. The molecule has 0 bridgehead atoms. The lowest BCUT2D eigenvalue weighted by atomic mass is 9.91. The average molecular weight is 633 g/mol. The van der Waals surface area contributed by atoms with Crippen LogP contribution in [0.3, 0.4) is 0 Å². The normalized spacial score (nSPS) is 16.8. The van der Waals surface area contributed by atoms with E-state index in [0.717, 1.165) is 12.1 Å². The van der Waals surface area contributed by atoms with Gasteiger partial charge in [-0.25, -0.2) is 9.59 Å². The van der Waals surface area contributed by atoms with Crippen molar-refractivity contribution in [1.29, 1.82) is 0 Å². The number of methoxy groups -OCH3 is 2. The molecule has 0 aromatic heterocycles. The molecule has 4 aromatic carbocycles. The van der Waals surface area contributed by atoms with Crippen molar-refractivity contribution in [2.75, 3.05) is 20.8 Å². The number of esters is 2. The van der Waals surface area contributed by atoms with E-state index >= 15 is 0 Å². The lowest BCUT2D eigenvalue weighted by Crippen LogP contribution is -2.52. The summed E-state index contributed by atoms with van der Waals surface area (Å²) in [4.78, 5) is 27.5. The molecule has 0 amide bonds. The van der Waals surface area contributed by atoms with Gasteiger partial charge in [-0.15, -0.1) is 0 Å². The topological polar surface area (TPSA) is 170 Å². The van der Waals surface area contributed by atoms with Crippen LogP contribution in [0.1, 0.15) is 38.8 Å². The summed E-state index contributed by atoms with van der Waals surface area (Å²) >= 11 is 0. The van der Waals surface area contributed by atoms with Crippen molar-refractivity contribution in [1.82, 2.24) is 0 Å². The molecule has 12 heteroatoms. The highest BCUT2D eigenvalue weighted by atomic mass is 16.7. The highest BCUT2D eigenvalue weighted by Gasteiger charge is 2.46. The van der Waals surface area contributed by atoms with Crippen LogP contribution in [0.2, 0.25) is 0 Å². The van der Waals surface area contributed by atoms with Gasteiger partial charge in [0.1, 0.15) is 19.3 Å². The van der Waals surface area contributed by atoms with Crippen molar-refractivity contribution in [3.05, 3.63) is 95.1 Å². The number of ether oxygens (including phenoxy) is 6. The third-order valence-corrected chi connectivity index (χ3v) is 7.60. The number of carbonyl (C=O) groups is 2. The van der Waals surface area contributed by atoms with Gasteiger partial charge in [-0.2, -0.15) is 0 Å². The summed E-state index contributed by atoms with van der Waals surface area (Å²) in [6.45, 7) is 0.639. The van der Waals surface area contributed by atoms with Crippen LogP contribution in [-0.2, 0) is 32.2 Å². The predicted molar refractivity (Wildman–Crippen MR) is 162 cm³/mol. The third-order valence-electron chi connectivity index (χ3n) is 7.60. The van der Waals surface area contributed by atoms with Crippen molar-refractivity contribution in [2.24, 2.45) is 0 Å². The summed E-state index contributed by atoms with van der Waals surface area (Å²) in [6.07, 6.45) is -0.983. The summed E-state index contributed by atoms with van der Waals surface area (Å²) < 4.78 is 33.5. The Bertz CT molecular complexity index is 1740. The van der Waals surface area contributed by atoms with Crippen LogP contribution in [0.15, 0.2) is 72.8 Å². The summed E-state index contributed by atoms with van der Waals surface area (Å²) in [7, 11) is 2.53. The molecule has 240 valence electrons. The molecule has 4 N–H and O–H groups in total. The van der Waals surface area contributed by atoms with Gasteiger partial charge in [0, 0.05) is 25.3 Å². The molecule has 2 atom stereocenters. The van der Waals surface area contributed by atoms with E-state index in [9.17, 15) is 30.0 Å². The van der Waals surface area contributed by atoms with Crippen LogP contribution in [0, 0.1) is 0 Å². The number of benzene rings is 4. The van der Waals surface area contributed by atoms with E-state index in [1.165, 1.54) is 21.1 Å². The molecule has 0 saturated carbocycles. The Morgan fingerprint density at radius 2 is 1.20 bits per heavy atom. The summed E-state index contributed by atoms with van der Waals surface area (Å²) in [5.41, 5.74) is -0.494. The number of carbonyl (C=O) groups excluding carboxylic acids is 2. The van der Waals surface area contributed by atoms with Crippen LogP contribution in [0.5, 0.6) is 34.5 Å². The Kier molecular flexibility index (Phi) is 9.21. The maximum atomic E-state index is 13.9. The molecule has 12 nitrogen and oxygen atoms in total. The van der Waals surface area contributed by atoms with Gasteiger partial charge in [0.25, 0.3) is 5.79 Å². The first-order chi connectivity index (χ1) is 22.1. The molecule has 1 heterocycles. The average Bonchev–Trinajstić information content (AvgIpc) is 3.06. The van der Waals surface area contributed by atoms with Gasteiger partial charge in [-0.3, -0.25) is 0 Å². The summed E-state index contributed by atoms with van der Waals surface area (Å²) in [5.74, 6) is -8.05. The van der Waals surface area contributed by atoms with E-state index in [1.807, 2.05) is 0 Å². The lowest BCUT2D eigenvalue weighted by Gasteiger charge is -2.36. The molecule has 5 rings (SSSR count). The number of hydrogen-bond donors (Lipinski definition) is 4. The zero-order valence-electron chi connectivity index (χ0n) is 25.2. The molecule has 4 aromatic rings. The van der Waals surface area contributed by atoms with E-state index in [0.29, 0.717) is 11.1 Å². The van der Waals surface area contributed by atoms with Crippen LogP contribution < -0.4 is 9.47 Å². The largest absolute Gasteiger partial charge is 0.504 e. The van der Waals surface area contributed by atoms with Crippen LogP contribution in [0.25, 0.3) is 11.1 Å². The Morgan fingerprint density at radius 1 is 0.739 bits per heavy atom. The number of rotatable bonds is 9. The molecular weight excluding hydrogens is 600 g/mol. The van der Waals surface area contributed by atoms with Gasteiger partial charge in [-0.05, 0) is 30.2 Å². The first-order valence-corrected chi connectivity index (χ1v) is 14.1. The zero-order valence-corrected chi connectivity index (χ0v) is 25.2. The van der Waals surface area contributed by atoms with Gasteiger partial charge in [0.15, 0.2) is 29.6 Å². The molecule has 0 radical (unpaired) electrons. The predicted octanol–water partition coefficient (Wildman–Crippen LogP) is 5.04. The second-order valence-electron chi connectivity index (χ2n) is 10.4. The molecule has 0 aliphatic carbocycles. The van der Waals surface area contributed by atoms with Crippen molar-refractivity contribution in [2.45, 2.75) is 32.0 Å². The van der Waals surface area contributed by atoms with Crippen molar-refractivity contribution in [3.63, 3.8) is 0 Å². The van der Waals surface area contributed by atoms with Crippen LogP contribution in [-0.4, -0.2) is 65.1 Å². The summed E-state index contributed by atoms with van der Waals surface area (Å²) in [6, 6.07) is 19.6. The fourth-order valence-corrected chi connectivity index (χ4v) is 4.98. The van der Waals surface area contributed by atoms with Gasteiger partial charge >= 0.3 is 11.9 Å². The van der Waals surface area contributed by atoms with E-state index in [4.69, 9.17) is 28.4 Å². The van der Waals surface area contributed by atoms with E-state index < -0.39 is 87.2 Å². The SMILES string of the molecule is CO[C@@H](C)[C@]1(OC)COC(=O)c2cc(O)c(OCc3ccccc3)c(O)c2-c2c(cc(O)c(OCc3ccccc3)c2O)C(=O)O1. The highest BCUT2D eigenvalue weighted by Crippen LogP contribution is 2.54. The Morgan fingerprint density at radius 3 is 1.63 bits per heavy atom. The van der Waals surface area contributed by atoms with Crippen LogP contribution >= 0.6 is 0 Å². The monoisotopic (exact) mass is 632 g/mol. The lowest BCUT2D eigenvalue weighted by molar-refractivity contribution is -0.259. The minimum absolute atomic E-state index is 0.0989. The number of hydrogen-bond acceptors (Lipinski definition) is 12. The number of cyclic esters (lactones) is 2. The van der Waals surface area contributed by atoms with Crippen molar-refractivity contribution < 1.29 is 58.4 Å². The molecule has 46 heavy (non-hydrogen) atoms. The molecule has 0 fully saturated rings. The Labute approximate surface area is 263 Å². The second kappa shape index (κ2) is 13.3. The molecule has 0 spiro atoms.